The zero-order valence-electron chi connectivity index (χ0n) is 7.57. The summed E-state index contributed by atoms with van der Waals surface area (Å²) in [6.07, 6.45) is -8.08. The molecule has 0 saturated carbocycles. The van der Waals surface area contributed by atoms with E-state index in [9.17, 15) is 9.90 Å². The van der Waals surface area contributed by atoms with Crippen LogP contribution in [0.1, 0.15) is 0 Å². The molecule has 78 valence electrons. The molecule has 0 rings (SSSR count). The summed E-state index contributed by atoms with van der Waals surface area (Å²) in [5.41, 5.74) is 0. The summed E-state index contributed by atoms with van der Waals surface area (Å²) in [6.45, 7) is -0.863. The molecule has 0 bridgehead atoms. The summed E-state index contributed by atoms with van der Waals surface area (Å²) in [6, 6.07) is 0. The van der Waals surface area contributed by atoms with Gasteiger partial charge in [0.05, 0.1) is 12.6 Å². The Bertz CT molecular complexity index is 176. The molecule has 7 nitrogen and oxygen atoms in total. The van der Waals surface area contributed by atoms with Crippen molar-refractivity contribution in [2.75, 3.05) is 6.61 Å². The van der Waals surface area contributed by atoms with Crippen molar-refractivity contribution in [3.05, 3.63) is 0 Å². The number of hydrogen-bond acceptors (Lipinski definition) is 7. The van der Waals surface area contributed by atoms with Gasteiger partial charge in [0, 0.05) is 0 Å². The maximum absolute atomic E-state index is 9.98. The largest absolute Gasteiger partial charge is 1.00 e. The van der Waals surface area contributed by atoms with Gasteiger partial charge < -0.3 is 35.4 Å². The summed E-state index contributed by atoms with van der Waals surface area (Å²) in [5.74, 6) is -1.98. The van der Waals surface area contributed by atoms with Gasteiger partial charge in [-0.15, -0.1) is 0 Å². The summed E-state index contributed by atoms with van der Waals surface area (Å²) in [5, 5.41) is 53.4. The van der Waals surface area contributed by atoms with E-state index in [0.717, 1.165) is 0 Å². The van der Waals surface area contributed by atoms with Gasteiger partial charge >= 0.3 is 68.9 Å². The predicted molar refractivity (Wildman–Crippen MR) is 36.1 cm³/mol. The first-order valence-corrected chi connectivity index (χ1v) is 3.45. The van der Waals surface area contributed by atoms with E-state index in [2.05, 4.69) is 0 Å². The Labute approximate surface area is 139 Å². The molecule has 4 atom stereocenters. The van der Waals surface area contributed by atoms with Crippen molar-refractivity contribution >= 4 is 5.97 Å². The van der Waals surface area contributed by atoms with Crippen molar-refractivity contribution in [3.63, 3.8) is 0 Å². The molecule has 0 aromatic heterocycles. The number of aliphatic hydroxyl groups excluding tert-OH is 5. The van der Waals surface area contributed by atoms with Crippen molar-refractivity contribution in [2.24, 2.45) is 0 Å². The first kappa shape index (κ1) is 17.7. The second-order valence-corrected chi connectivity index (χ2v) is 2.49. The van der Waals surface area contributed by atoms with E-state index in [1.807, 2.05) is 0 Å². The van der Waals surface area contributed by atoms with E-state index in [-0.39, 0.29) is 68.9 Å². The maximum Gasteiger partial charge on any atom is 1.00 e. The van der Waals surface area contributed by atoms with Gasteiger partial charge in [-0.3, -0.25) is 0 Å². The number of rotatable bonds is 5. The standard InChI is InChI=1S/C6H12O7.Cs/c7-1-2(8)3(9)4(10)5(11)6(12)13;/h2-5,7-11H,1H2,(H,12,13);/q;+1/p-1. The Hall–Kier alpha value is 1.32. The molecule has 0 aliphatic carbocycles. The van der Waals surface area contributed by atoms with Gasteiger partial charge in [-0.25, -0.2) is 0 Å². The first-order valence-electron chi connectivity index (χ1n) is 3.45. The number of carboxylic acid groups (broad SMARTS) is 1. The fourth-order valence-corrected chi connectivity index (χ4v) is 0.662. The summed E-state index contributed by atoms with van der Waals surface area (Å²) in [7, 11) is 0. The molecule has 0 radical (unpaired) electrons. The summed E-state index contributed by atoms with van der Waals surface area (Å²) in [4.78, 5) is 9.98. The molecule has 0 aromatic rings. The monoisotopic (exact) mass is 328 g/mol. The van der Waals surface area contributed by atoms with Crippen LogP contribution < -0.4 is 74.0 Å². The molecule has 0 heterocycles. The molecule has 0 amide bonds. The van der Waals surface area contributed by atoms with E-state index >= 15 is 0 Å². The van der Waals surface area contributed by atoms with E-state index in [1.165, 1.54) is 0 Å². The van der Waals surface area contributed by atoms with Crippen LogP contribution in [0.3, 0.4) is 0 Å². The molecule has 14 heavy (non-hydrogen) atoms. The number of carboxylic acids is 1. The Morgan fingerprint density at radius 2 is 1.57 bits per heavy atom. The van der Waals surface area contributed by atoms with Gasteiger partial charge in [0.2, 0.25) is 0 Å². The Morgan fingerprint density at radius 1 is 1.14 bits per heavy atom. The minimum absolute atomic E-state index is 0. The molecular weight excluding hydrogens is 317 g/mol. The van der Waals surface area contributed by atoms with Crippen molar-refractivity contribution in [1.82, 2.24) is 0 Å². The van der Waals surface area contributed by atoms with E-state index in [1.54, 1.807) is 0 Å². The minimum atomic E-state index is -2.31. The molecular formula is C6H11CsO7. The van der Waals surface area contributed by atoms with Crippen LogP contribution in [0.2, 0.25) is 0 Å². The van der Waals surface area contributed by atoms with Gasteiger partial charge in [-0.1, -0.05) is 0 Å². The summed E-state index contributed by atoms with van der Waals surface area (Å²) >= 11 is 0. The average molecular weight is 328 g/mol. The van der Waals surface area contributed by atoms with Crippen LogP contribution in [0, 0.1) is 0 Å². The number of carbonyl (C=O) groups is 1. The molecule has 0 spiro atoms. The Balaban J connectivity index is 0. The normalized spacial score (nSPS) is 18.9. The molecule has 0 aromatic carbocycles. The van der Waals surface area contributed by atoms with Crippen molar-refractivity contribution in [2.45, 2.75) is 24.4 Å². The molecule has 0 aliphatic rings. The van der Waals surface area contributed by atoms with Crippen LogP contribution in [0.4, 0.5) is 0 Å². The van der Waals surface area contributed by atoms with Crippen LogP contribution >= 0.6 is 0 Å². The zero-order valence-corrected chi connectivity index (χ0v) is 13.8. The molecule has 8 heteroatoms. The van der Waals surface area contributed by atoms with Gasteiger partial charge in [0.1, 0.15) is 24.4 Å². The van der Waals surface area contributed by atoms with Gasteiger partial charge in [0.15, 0.2) is 0 Å². The fourth-order valence-electron chi connectivity index (χ4n) is 0.662. The van der Waals surface area contributed by atoms with Crippen LogP contribution in [-0.4, -0.2) is 62.5 Å². The maximum atomic E-state index is 9.98. The van der Waals surface area contributed by atoms with Crippen LogP contribution in [0.5, 0.6) is 0 Å². The third-order valence-electron chi connectivity index (χ3n) is 1.50. The molecule has 0 aliphatic heterocycles. The SMILES string of the molecule is O=C([O-])C(O)C(O)C(O)C(O)CO.[Cs+]. The third kappa shape index (κ3) is 5.42. The van der Waals surface area contributed by atoms with Crippen molar-refractivity contribution in [3.8, 4) is 0 Å². The second kappa shape index (κ2) is 8.47. The number of aliphatic carboxylic acids is 1. The van der Waals surface area contributed by atoms with Gasteiger partial charge in [0.25, 0.3) is 0 Å². The smallest absolute Gasteiger partial charge is 0.547 e. The number of carbonyl (C=O) groups excluding carboxylic acids is 1. The Kier molecular flexibility index (Phi) is 10.7. The second-order valence-electron chi connectivity index (χ2n) is 2.49. The third-order valence-corrected chi connectivity index (χ3v) is 1.50. The molecule has 0 fully saturated rings. The topological polar surface area (TPSA) is 141 Å². The van der Waals surface area contributed by atoms with Gasteiger partial charge in [-0.2, -0.15) is 0 Å². The van der Waals surface area contributed by atoms with Crippen LogP contribution in [0.25, 0.3) is 0 Å². The van der Waals surface area contributed by atoms with E-state index in [4.69, 9.17) is 25.5 Å². The van der Waals surface area contributed by atoms with Crippen LogP contribution in [-0.2, 0) is 4.79 Å². The Morgan fingerprint density at radius 3 is 1.86 bits per heavy atom. The average Bonchev–Trinajstić information content (AvgIpc) is 2.12. The van der Waals surface area contributed by atoms with Crippen LogP contribution in [0.15, 0.2) is 0 Å². The fraction of sp³-hybridized carbons (Fsp3) is 0.833. The van der Waals surface area contributed by atoms with E-state index in [0.29, 0.717) is 0 Å². The summed E-state index contributed by atoms with van der Waals surface area (Å²) < 4.78 is 0. The number of aliphatic hydroxyl groups is 5. The quantitative estimate of drug-likeness (QED) is 0.337. The minimum Gasteiger partial charge on any atom is -0.547 e. The predicted octanol–water partition coefficient (Wildman–Crippen LogP) is -7.82. The van der Waals surface area contributed by atoms with Crippen molar-refractivity contribution in [1.29, 1.82) is 0 Å². The van der Waals surface area contributed by atoms with E-state index < -0.39 is 37.0 Å². The first-order chi connectivity index (χ1) is 5.91. The number of hydrogen-bond donors (Lipinski definition) is 5. The molecule has 5 N–H and O–H groups in total. The van der Waals surface area contributed by atoms with Crippen molar-refractivity contribution < 1.29 is 104 Å². The molecule has 0 saturated heterocycles. The molecule has 4 unspecified atom stereocenters. The zero-order chi connectivity index (χ0) is 10.6. The van der Waals surface area contributed by atoms with Gasteiger partial charge in [-0.05, 0) is 0 Å².